The van der Waals surface area contributed by atoms with Gasteiger partial charge >= 0.3 is 0 Å². The average molecular weight is 183 g/mol. The zero-order chi connectivity index (χ0) is 9.68. The minimum atomic E-state index is 0.943. The Morgan fingerprint density at radius 1 is 1.23 bits per heavy atom. The van der Waals surface area contributed by atoms with Gasteiger partial charge in [-0.25, -0.2) is 0 Å². The molecule has 3 atom stereocenters. The van der Waals surface area contributed by atoms with Crippen LogP contribution in [0.15, 0.2) is 0 Å². The van der Waals surface area contributed by atoms with Gasteiger partial charge in [0.15, 0.2) is 0 Å². The van der Waals surface area contributed by atoms with E-state index in [2.05, 4.69) is 26.1 Å². The summed E-state index contributed by atoms with van der Waals surface area (Å²) in [7, 11) is 0. The van der Waals surface area contributed by atoms with Crippen LogP contribution in [0.25, 0.3) is 0 Å². The highest BCUT2D eigenvalue weighted by atomic mass is 14.8. The third kappa shape index (κ3) is 3.30. The Kier molecular flexibility index (Phi) is 4.79. The van der Waals surface area contributed by atoms with E-state index >= 15 is 0 Å². The molecule has 1 heteroatoms. The molecule has 1 saturated carbocycles. The van der Waals surface area contributed by atoms with Crippen LogP contribution in [-0.2, 0) is 0 Å². The lowest BCUT2D eigenvalue weighted by Crippen LogP contribution is -2.32. The Balaban J connectivity index is 2.31. The van der Waals surface area contributed by atoms with E-state index in [-0.39, 0.29) is 0 Å². The second-order valence-electron chi connectivity index (χ2n) is 4.63. The molecule has 0 heterocycles. The highest BCUT2D eigenvalue weighted by molar-refractivity contribution is 4.78. The maximum Gasteiger partial charge on any atom is -0.00180 e. The average Bonchev–Trinajstić information content (AvgIpc) is 2.17. The SMILES string of the molecule is CCNCC1CC(CC)CCC1C. The summed E-state index contributed by atoms with van der Waals surface area (Å²) in [4.78, 5) is 0. The summed E-state index contributed by atoms with van der Waals surface area (Å²) in [6, 6.07) is 0. The molecule has 13 heavy (non-hydrogen) atoms. The molecule has 1 rings (SSSR count). The van der Waals surface area contributed by atoms with Crippen LogP contribution >= 0.6 is 0 Å². The molecular weight excluding hydrogens is 158 g/mol. The van der Waals surface area contributed by atoms with Crippen molar-refractivity contribution in [3.05, 3.63) is 0 Å². The van der Waals surface area contributed by atoms with Gasteiger partial charge in [-0.3, -0.25) is 0 Å². The molecule has 0 aromatic carbocycles. The topological polar surface area (TPSA) is 12.0 Å². The van der Waals surface area contributed by atoms with Crippen molar-refractivity contribution in [3.8, 4) is 0 Å². The van der Waals surface area contributed by atoms with Gasteiger partial charge in [0.25, 0.3) is 0 Å². The molecular formula is C12H25N. The van der Waals surface area contributed by atoms with E-state index in [1.54, 1.807) is 0 Å². The number of hydrogen-bond donors (Lipinski definition) is 1. The van der Waals surface area contributed by atoms with Crippen molar-refractivity contribution >= 4 is 0 Å². The van der Waals surface area contributed by atoms with Gasteiger partial charge in [-0.15, -0.1) is 0 Å². The van der Waals surface area contributed by atoms with E-state index in [1.165, 1.54) is 32.2 Å². The van der Waals surface area contributed by atoms with Crippen molar-refractivity contribution in [1.29, 1.82) is 0 Å². The molecule has 0 spiro atoms. The summed E-state index contributed by atoms with van der Waals surface area (Å²) >= 11 is 0. The second kappa shape index (κ2) is 5.64. The Morgan fingerprint density at radius 2 is 2.00 bits per heavy atom. The van der Waals surface area contributed by atoms with Crippen molar-refractivity contribution in [2.75, 3.05) is 13.1 Å². The minimum absolute atomic E-state index is 0.943. The zero-order valence-corrected chi connectivity index (χ0v) is 9.47. The molecule has 0 bridgehead atoms. The second-order valence-corrected chi connectivity index (χ2v) is 4.63. The molecule has 0 amide bonds. The molecule has 0 aromatic rings. The lowest BCUT2D eigenvalue weighted by atomic mass is 9.74. The molecule has 1 N–H and O–H groups in total. The van der Waals surface area contributed by atoms with Crippen LogP contribution in [0.5, 0.6) is 0 Å². The van der Waals surface area contributed by atoms with Crippen LogP contribution < -0.4 is 5.32 Å². The third-order valence-corrected chi connectivity index (χ3v) is 3.70. The van der Waals surface area contributed by atoms with Gasteiger partial charge in [0.05, 0.1) is 0 Å². The van der Waals surface area contributed by atoms with Crippen LogP contribution in [-0.4, -0.2) is 13.1 Å². The molecule has 0 aliphatic heterocycles. The minimum Gasteiger partial charge on any atom is -0.317 e. The smallest absolute Gasteiger partial charge is 0.00180 e. The van der Waals surface area contributed by atoms with Crippen molar-refractivity contribution in [3.63, 3.8) is 0 Å². The van der Waals surface area contributed by atoms with Crippen molar-refractivity contribution in [2.24, 2.45) is 17.8 Å². The fourth-order valence-corrected chi connectivity index (χ4v) is 2.50. The highest BCUT2D eigenvalue weighted by Gasteiger charge is 2.25. The van der Waals surface area contributed by atoms with Crippen LogP contribution in [0.3, 0.4) is 0 Å². The van der Waals surface area contributed by atoms with Gasteiger partial charge in [-0.2, -0.15) is 0 Å². The molecule has 1 aliphatic rings. The third-order valence-electron chi connectivity index (χ3n) is 3.70. The molecule has 1 fully saturated rings. The Morgan fingerprint density at radius 3 is 2.62 bits per heavy atom. The predicted octanol–water partition coefficient (Wildman–Crippen LogP) is 3.06. The summed E-state index contributed by atoms with van der Waals surface area (Å²) < 4.78 is 0. The molecule has 1 nitrogen and oxygen atoms in total. The van der Waals surface area contributed by atoms with Crippen LogP contribution in [0, 0.1) is 17.8 Å². The Bertz CT molecular complexity index is 133. The van der Waals surface area contributed by atoms with Gasteiger partial charge in [0.2, 0.25) is 0 Å². The first-order chi connectivity index (χ1) is 6.27. The van der Waals surface area contributed by atoms with E-state index in [1.807, 2.05) is 0 Å². The Hall–Kier alpha value is -0.0400. The van der Waals surface area contributed by atoms with Crippen LogP contribution in [0.4, 0.5) is 0 Å². The standard InChI is InChI=1S/C12H25N/c1-4-11-7-6-10(3)12(8-11)9-13-5-2/h10-13H,4-9H2,1-3H3. The summed E-state index contributed by atoms with van der Waals surface area (Å²) in [5.41, 5.74) is 0. The van der Waals surface area contributed by atoms with Gasteiger partial charge in [0.1, 0.15) is 0 Å². The first-order valence-corrected chi connectivity index (χ1v) is 5.98. The van der Waals surface area contributed by atoms with E-state index in [4.69, 9.17) is 0 Å². The van der Waals surface area contributed by atoms with Gasteiger partial charge in [0, 0.05) is 0 Å². The zero-order valence-electron chi connectivity index (χ0n) is 9.47. The van der Waals surface area contributed by atoms with Crippen LogP contribution in [0.2, 0.25) is 0 Å². The summed E-state index contributed by atoms with van der Waals surface area (Å²) in [6.45, 7) is 9.33. The monoisotopic (exact) mass is 183 g/mol. The molecule has 3 unspecified atom stereocenters. The van der Waals surface area contributed by atoms with Crippen LogP contribution in [0.1, 0.15) is 46.5 Å². The van der Waals surface area contributed by atoms with Crippen molar-refractivity contribution < 1.29 is 0 Å². The number of nitrogens with one attached hydrogen (secondary N) is 1. The number of rotatable bonds is 4. The quantitative estimate of drug-likeness (QED) is 0.706. The van der Waals surface area contributed by atoms with Gasteiger partial charge in [-0.05, 0) is 37.3 Å². The van der Waals surface area contributed by atoms with E-state index in [9.17, 15) is 0 Å². The molecule has 1 aliphatic carbocycles. The van der Waals surface area contributed by atoms with E-state index in [0.717, 1.165) is 24.3 Å². The number of hydrogen-bond acceptors (Lipinski definition) is 1. The maximum atomic E-state index is 3.49. The van der Waals surface area contributed by atoms with Crippen molar-refractivity contribution in [2.45, 2.75) is 46.5 Å². The molecule has 0 radical (unpaired) electrons. The Labute approximate surface area is 83.3 Å². The van der Waals surface area contributed by atoms with E-state index in [0.29, 0.717) is 0 Å². The van der Waals surface area contributed by atoms with Gasteiger partial charge in [-0.1, -0.05) is 40.0 Å². The van der Waals surface area contributed by atoms with E-state index < -0.39 is 0 Å². The fraction of sp³-hybridized carbons (Fsp3) is 1.00. The van der Waals surface area contributed by atoms with Gasteiger partial charge < -0.3 is 5.32 Å². The fourth-order valence-electron chi connectivity index (χ4n) is 2.50. The molecule has 0 saturated heterocycles. The summed E-state index contributed by atoms with van der Waals surface area (Å²) in [6.07, 6.45) is 5.77. The summed E-state index contributed by atoms with van der Waals surface area (Å²) in [5.74, 6) is 2.90. The maximum absolute atomic E-state index is 3.49. The largest absolute Gasteiger partial charge is 0.317 e. The summed E-state index contributed by atoms with van der Waals surface area (Å²) in [5, 5.41) is 3.49. The molecule has 0 aromatic heterocycles. The molecule has 78 valence electrons. The first kappa shape index (κ1) is 11.0. The highest BCUT2D eigenvalue weighted by Crippen LogP contribution is 2.34. The predicted molar refractivity (Wildman–Crippen MR) is 58.8 cm³/mol. The van der Waals surface area contributed by atoms with Crippen molar-refractivity contribution in [1.82, 2.24) is 5.32 Å². The normalized spacial score (nSPS) is 34.8. The lowest BCUT2D eigenvalue weighted by Gasteiger charge is -2.34. The lowest BCUT2D eigenvalue weighted by molar-refractivity contribution is 0.186. The first-order valence-electron chi connectivity index (χ1n) is 5.98.